The van der Waals surface area contributed by atoms with Crippen molar-refractivity contribution in [2.24, 2.45) is 0 Å². The summed E-state index contributed by atoms with van der Waals surface area (Å²) in [5, 5.41) is 8.20. The van der Waals surface area contributed by atoms with Gasteiger partial charge in [0.25, 0.3) is 5.91 Å². The molecule has 0 unspecified atom stereocenters. The summed E-state index contributed by atoms with van der Waals surface area (Å²) in [5.41, 5.74) is 1.90. The number of urea groups is 1. The normalized spacial score (nSPS) is 12.4. The summed E-state index contributed by atoms with van der Waals surface area (Å²) in [5.74, 6) is 1.29. The Bertz CT molecular complexity index is 847. The molecule has 1 heterocycles. The number of benzene rings is 2. The Morgan fingerprint density at radius 2 is 1.74 bits per heavy atom. The predicted molar refractivity (Wildman–Crippen MR) is 102 cm³/mol. The van der Waals surface area contributed by atoms with Crippen molar-refractivity contribution >= 4 is 17.6 Å². The molecular formula is C20H23N3O4. The van der Waals surface area contributed by atoms with Crippen molar-refractivity contribution in [3.05, 3.63) is 53.6 Å². The maximum Gasteiger partial charge on any atom is 0.319 e. The van der Waals surface area contributed by atoms with Crippen LogP contribution >= 0.6 is 0 Å². The third-order valence-corrected chi connectivity index (χ3v) is 4.48. The minimum atomic E-state index is -0.309. The van der Waals surface area contributed by atoms with Gasteiger partial charge in [0.1, 0.15) is 0 Å². The van der Waals surface area contributed by atoms with Crippen molar-refractivity contribution in [2.75, 3.05) is 25.7 Å². The molecule has 2 aromatic rings. The van der Waals surface area contributed by atoms with Crippen LogP contribution < -0.4 is 25.4 Å². The first kappa shape index (κ1) is 18.6. The SMILES string of the molecule is CNC(=O)c1ccc(NC(=O)NCC(C)(C)c2ccc3c(c2)OCO3)cc1. The van der Waals surface area contributed by atoms with Crippen LogP contribution in [0.25, 0.3) is 0 Å². The lowest BCUT2D eigenvalue weighted by Crippen LogP contribution is -2.39. The number of amides is 3. The Kier molecular flexibility index (Phi) is 5.21. The second-order valence-corrected chi connectivity index (χ2v) is 6.92. The molecule has 0 saturated carbocycles. The van der Waals surface area contributed by atoms with Gasteiger partial charge in [0.2, 0.25) is 6.79 Å². The first-order valence-corrected chi connectivity index (χ1v) is 8.66. The second-order valence-electron chi connectivity index (χ2n) is 6.92. The van der Waals surface area contributed by atoms with Crippen LogP contribution in [0.3, 0.4) is 0 Å². The predicted octanol–water partition coefficient (Wildman–Crippen LogP) is 2.87. The van der Waals surface area contributed by atoms with Crippen molar-refractivity contribution in [1.82, 2.24) is 10.6 Å². The molecule has 0 fully saturated rings. The zero-order valence-electron chi connectivity index (χ0n) is 15.6. The van der Waals surface area contributed by atoms with Gasteiger partial charge in [-0.3, -0.25) is 4.79 Å². The molecule has 0 aliphatic carbocycles. The quantitative estimate of drug-likeness (QED) is 0.756. The second kappa shape index (κ2) is 7.57. The molecule has 3 N–H and O–H groups in total. The van der Waals surface area contributed by atoms with E-state index in [4.69, 9.17) is 9.47 Å². The van der Waals surface area contributed by atoms with Crippen molar-refractivity contribution in [3.63, 3.8) is 0 Å². The summed E-state index contributed by atoms with van der Waals surface area (Å²) in [6.45, 7) is 4.76. The minimum Gasteiger partial charge on any atom is -0.454 e. The van der Waals surface area contributed by atoms with Crippen molar-refractivity contribution < 1.29 is 19.1 Å². The average molecular weight is 369 g/mol. The highest BCUT2D eigenvalue weighted by Gasteiger charge is 2.24. The van der Waals surface area contributed by atoms with E-state index in [1.54, 1.807) is 31.3 Å². The maximum absolute atomic E-state index is 12.2. The van der Waals surface area contributed by atoms with E-state index in [1.807, 2.05) is 32.0 Å². The van der Waals surface area contributed by atoms with Crippen LogP contribution in [0, 0.1) is 0 Å². The molecule has 1 aliphatic rings. The third-order valence-electron chi connectivity index (χ3n) is 4.48. The Morgan fingerprint density at radius 1 is 1.04 bits per heavy atom. The van der Waals surface area contributed by atoms with Gasteiger partial charge in [-0.1, -0.05) is 19.9 Å². The van der Waals surface area contributed by atoms with Gasteiger partial charge in [-0.15, -0.1) is 0 Å². The summed E-state index contributed by atoms with van der Waals surface area (Å²) in [6.07, 6.45) is 0. The van der Waals surface area contributed by atoms with Crippen LogP contribution in [0.15, 0.2) is 42.5 Å². The first-order valence-electron chi connectivity index (χ1n) is 8.66. The fourth-order valence-corrected chi connectivity index (χ4v) is 2.75. The van der Waals surface area contributed by atoms with E-state index in [-0.39, 0.29) is 24.1 Å². The minimum absolute atomic E-state index is 0.170. The van der Waals surface area contributed by atoms with Crippen LogP contribution in [-0.4, -0.2) is 32.3 Å². The molecule has 0 radical (unpaired) electrons. The van der Waals surface area contributed by atoms with Crippen LogP contribution in [0.2, 0.25) is 0 Å². The van der Waals surface area contributed by atoms with Crippen LogP contribution in [0.1, 0.15) is 29.8 Å². The summed E-state index contributed by atoms with van der Waals surface area (Å²) in [6, 6.07) is 12.2. The third kappa shape index (κ3) is 4.31. The average Bonchev–Trinajstić information content (AvgIpc) is 3.14. The summed E-state index contributed by atoms with van der Waals surface area (Å²) in [4.78, 5) is 23.7. The molecule has 27 heavy (non-hydrogen) atoms. The zero-order chi connectivity index (χ0) is 19.4. The van der Waals surface area contributed by atoms with E-state index in [1.165, 1.54) is 0 Å². The molecule has 0 bridgehead atoms. The summed E-state index contributed by atoms with van der Waals surface area (Å²) in [7, 11) is 1.57. The molecule has 0 spiro atoms. The van der Waals surface area contributed by atoms with Crippen molar-refractivity contribution in [3.8, 4) is 11.5 Å². The Morgan fingerprint density at radius 3 is 2.44 bits per heavy atom. The number of hydrogen-bond donors (Lipinski definition) is 3. The number of ether oxygens (including phenoxy) is 2. The van der Waals surface area contributed by atoms with E-state index < -0.39 is 0 Å². The fourth-order valence-electron chi connectivity index (χ4n) is 2.75. The summed E-state index contributed by atoms with van der Waals surface area (Å²) < 4.78 is 10.8. The first-order chi connectivity index (χ1) is 12.9. The van der Waals surface area contributed by atoms with Gasteiger partial charge in [0.15, 0.2) is 11.5 Å². The van der Waals surface area contributed by atoms with Crippen molar-refractivity contribution in [2.45, 2.75) is 19.3 Å². The molecule has 0 atom stereocenters. The van der Waals surface area contributed by atoms with E-state index in [2.05, 4.69) is 16.0 Å². The zero-order valence-corrected chi connectivity index (χ0v) is 15.6. The molecule has 1 aliphatic heterocycles. The Labute approximate surface area is 158 Å². The standard InChI is InChI=1S/C20H23N3O4/c1-20(2,14-6-9-16-17(10-14)27-12-26-16)11-22-19(25)23-15-7-4-13(5-8-15)18(24)21-3/h4-10H,11-12H2,1-3H3,(H,21,24)(H2,22,23,25). The molecule has 7 heteroatoms. The Balaban J connectivity index is 1.57. The number of carbonyl (C=O) groups is 2. The molecule has 3 rings (SSSR count). The lowest BCUT2D eigenvalue weighted by molar-refractivity contribution is 0.0963. The van der Waals surface area contributed by atoms with Gasteiger partial charge >= 0.3 is 6.03 Å². The van der Waals surface area contributed by atoms with Gasteiger partial charge in [-0.2, -0.15) is 0 Å². The molecule has 142 valence electrons. The van der Waals surface area contributed by atoms with Crippen molar-refractivity contribution in [1.29, 1.82) is 0 Å². The van der Waals surface area contributed by atoms with Crippen LogP contribution in [0.5, 0.6) is 11.5 Å². The van der Waals surface area contributed by atoms with E-state index in [9.17, 15) is 9.59 Å². The highest BCUT2D eigenvalue weighted by Crippen LogP contribution is 2.36. The van der Waals surface area contributed by atoms with Gasteiger partial charge in [0.05, 0.1) is 0 Å². The number of rotatable bonds is 5. The number of fused-ring (bicyclic) bond motifs is 1. The number of anilines is 1. The Hall–Kier alpha value is -3.22. The number of hydrogen-bond acceptors (Lipinski definition) is 4. The van der Waals surface area contributed by atoms with E-state index in [0.717, 1.165) is 17.1 Å². The summed E-state index contributed by atoms with van der Waals surface area (Å²) >= 11 is 0. The van der Waals surface area contributed by atoms with Crippen LogP contribution in [0.4, 0.5) is 10.5 Å². The molecule has 2 aromatic carbocycles. The van der Waals surface area contributed by atoms with E-state index >= 15 is 0 Å². The van der Waals surface area contributed by atoms with Gasteiger partial charge in [-0.05, 0) is 42.0 Å². The smallest absolute Gasteiger partial charge is 0.319 e. The molecule has 0 aromatic heterocycles. The monoisotopic (exact) mass is 369 g/mol. The molecule has 0 saturated heterocycles. The van der Waals surface area contributed by atoms with Crippen LogP contribution in [-0.2, 0) is 5.41 Å². The number of carbonyl (C=O) groups excluding carboxylic acids is 2. The highest BCUT2D eigenvalue weighted by atomic mass is 16.7. The molecule has 3 amide bonds. The van der Waals surface area contributed by atoms with Gasteiger partial charge in [0, 0.05) is 30.3 Å². The maximum atomic E-state index is 12.2. The van der Waals surface area contributed by atoms with E-state index in [0.29, 0.717) is 17.8 Å². The fraction of sp³-hybridized carbons (Fsp3) is 0.300. The highest BCUT2D eigenvalue weighted by molar-refractivity contribution is 5.95. The molecule has 7 nitrogen and oxygen atoms in total. The van der Waals surface area contributed by atoms with Gasteiger partial charge in [-0.25, -0.2) is 4.79 Å². The van der Waals surface area contributed by atoms with Gasteiger partial charge < -0.3 is 25.4 Å². The largest absolute Gasteiger partial charge is 0.454 e. The lowest BCUT2D eigenvalue weighted by Gasteiger charge is -2.26. The number of nitrogens with one attached hydrogen (secondary N) is 3. The topological polar surface area (TPSA) is 88.7 Å². The lowest BCUT2D eigenvalue weighted by atomic mass is 9.84. The molecular weight excluding hydrogens is 346 g/mol.